The molecule has 0 aliphatic rings. The highest BCUT2D eigenvalue weighted by Crippen LogP contribution is 2.14. The zero-order chi connectivity index (χ0) is 15.8. The highest BCUT2D eigenvalue weighted by molar-refractivity contribution is 9.10. The summed E-state index contributed by atoms with van der Waals surface area (Å²) in [6.45, 7) is 3.03. The van der Waals surface area contributed by atoms with Crippen molar-refractivity contribution in [3.05, 3.63) is 46.8 Å². The molecule has 0 atom stereocenters. The summed E-state index contributed by atoms with van der Waals surface area (Å²) in [5, 5.41) is 5.97. The van der Waals surface area contributed by atoms with E-state index in [-0.39, 0.29) is 5.91 Å². The molecule has 2 rings (SSSR count). The van der Waals surface area contributed by atoms with E-state index in [1.807, 2.05) is 24.3 Å². The molecule has 6 heteroatoms. The summed E-state index contributed by atoms with van der Waals surface area (Å²) in [6.07, 6.45) is 6.54. The van der Waals surface area contributed by atoms with E-state index in [0.717, 1.165) is 23.1 Å². The van der Waals surface area contributed by atoms with E-state index >= 15 is 0 Å². The number of amides is 1. The topological polar surface area (TPSA) is 66.9 Å². The normalized spacial score (nSPS) is 10.3. The van der Waals surface area contributed by atoms with Crippen LogP contribution in [0.15, 0.2) is 41.1 Å². The van der Waals surface area contributed by atoms with Gasteiger partial charge in [-0.1, -0.05) is 35.7 Å². The van der Waals surface area contributed by atoms with Gasteiger partial charge in [-0.25, -0.2) is 9.97 Å². The lowest BCUT2D eigenvalue weighted by Gasteiger charge is -2.06. The van der Waals surface area contributed by atoms with Gasteiger partial charge in [-0.15, -0.1) is 0 Å². The lowest BCUT2D eigenvalue weighted by atomic mass is 10.2. The average Bonchev–Trinajstić information content (AvgIpc) is 2.54. The fourth-order valence-corrected chi connectivity index (χ4v) is 2.12. The van der Waals surface area contributed by atoms with Crippen LogP contribution in [0.2, 0.25) is 0 Å². The molecule has 0 unspecified atom stereocenters. The second kappa shape index (κ2) is 8.48. The number of aromatic nitrogens is 2. The summed E-state index contributed by atoms with van der Waals surface area (Å²) < 4.78 is 0.962. The average molecular weight is 363 g/mol. The van der Waals surface area contributed by atoms with Crippen molar-refractivity contribution in [2.45, 2.75) is 26.2 Å². The lowest BCUT2D eigenvalue weighted by molar-refractivity contribution is 0.102. The molecule has 0 radical (unpaired) electrons. The first-order valence-corrected chi connectivity index (χ1v) is 8.11. The molecule has 5 nitrogen and oxygen atoms in total. The van der Waals surface area contributed by atoms with Gasteiger partial charge in [0.15, 0.2) is 0 Å². The number of carbonyl (C=O) groups excluding carboxylic acids is 1. The van der Waals surface area contributed by atoms with Crippen LogP contribution in [0.3, 0.4) is 0 Å². The van der Waals surface area contributed by atoms with Gasteiger partial charge >= 0.3 is 0 Å². The van der Waals surface area contributed by atoms with Crippen molar-refractivity contribution in [1.29, 1.82) is 0 Å². The third kappa shape index (κ3) is 5.11. The van der Waals surface area contributed by atoms with Gasteiger partial charge in [0.2, 0.25) is 0 Å². The van der Waals surface area contributed by atoms with Crippen LogP contribution in [0.4, 0.5) is 11.5 Å². The van der Waals surface area contributed by atoms with Crippen molar-refractivity contribution in [2.75, 3.05) is 17.2 Å². The highest BCUT2D eigenvalue weighted by atomic mass is 79.9. The monoisotopic (exact) mass is 362 g/mol. The van der Waals surface area contributed by atoms with Crippen LogP contribution in [0.1, 0.15) is 36.7 Å². The maximum absolute atomic E-state index is 12.1. The Morgan fingerprint density at radius 1 is 1.14 bits per heavy atom. The lowest BCUT2D eigenvalue weighted by Crippen LogP contribution is -2.14. The number of anilines is 2. The van der Waals surface area contributed by atoms with Crippen molar-refractivity contribution in [3.8, 4) is 0 Å². The van der Waals surface area contributed by atoms with Crippen LogP contribution in [0.25, 0.3) is 0 Å². The van der Waals surface area contributed by atoms with Crippen LogP contribution in [-0.2, 0) is 0 Å². The van der Waals surface area contributed by atoms with Gasteiger partial charge in [0, 0.05) is 16.7 Å². The first-order chi connectivity index (χ1) is 10.7. The van der Waals surface area contributed by atoms with Crippen LogP contribution in [-0.4, -0.2) is 22.4 Å². The van der Waals surface area contributed by atoms with Gasteiger partial charge in [-0.2, -0.15) is 0 Å². The van der Waals surface area contributed by atoms with Gasteiger partial charge in [-0.3, -0.25) is 4.79 Å². The minimum atomic E-state index is -0.271. The minimum absolute atomic E-state index is 0.271. The van der Waals surface area contributed by atoms with E-state index in [1.54, 1.807) is 6.20 Å². The number of rotatable bonds is 7. The molecule has 22 heavy (non-hydrogen) atoms. The summed E-state index contributed by atoms with van der Waals surface area (Å²) in [6, 6.07) is 7.37. The second-order valence-electron chi connectivity index (χ2n) is 4.88. The number of carbonyl (C=O) groups is 1. The molecule has 0 bridgehead atoms. The van der Waals surface area contributed by atoms with E-state index in [0.29, 0.717) is 11.5 Å². The molecule has 2 N–H and O–H groups in total. The Hall–Kier alpha value is -1.95. The molecule has 0 aliphatic heterocycles. The van der Waals surface area contributed by atoms with Crippen molar-refractivity contribution in [1.82, 2.24) is 9.97 Å². The van der Waals surface area contributed by atoms with Crippen molar-refractivity contribution >= 4 is 33.3 Å². The third-order valence-electron chi connectivity index (χ3n) is 3.07. The summed E-state index contributed by atoms with van der Waals surface area (Å²) in [5.41, 5.74) is 1.01. The Morgan fingerprint density at radius 2 is 1.91 bits per heavy atom. The number of halogens is 1. The Bertz CT molecular complexity index is 599. The molecule has 0 saturated heterocycles. The Morgan fingerprint density at radius 3 is 2.55 bits per heavy atom. The zero-order valence-electron chi connectivity index (χ0n) is 12.5. The summed E-state index contributed by atoms with van der Waals surface area (Å²) in [5.74, 6) is 0.420. The minimum Gasteiger partial charge on any atom is -0.369 e. The molecule has 116 valence electrons. The molecule has 1 aromatic carbocycles. The maximum Gasteiger partial charge on any atom is 0.275 e. The molecule has 0 fully saturated rings. The Balaban J connectivity index is 1.89. The van der Waals surface area contributed by atoms with Crippen LogP contribution in [0, 0.1) is 0 Å². The van der Waals surface area contributed by atoms with Crippen LogP contribution < -0.4 is 10.6 Å². The molecule has 1 heterocycles. The molecule has 0 saturated carbocycles. The molecular formula is C16H19BrN4O. The van der Waals surface area contributed by atoms with E-state index in [9.17, 15) is 4.79 Å². The SMILES string of the molecule is CCCCCNc1cnc(C(=O)Nc2ccc(Br)cc2)cn1. The predicted molar refractivity (Wildman–Crippen MR) is 92.1 cm³/mol. The Kier molecular flexibility index (Phi) is 6.33. The fourth-order valence-electron chi connectivity index (χ4n) is 1.86. The molecule has 0 aliphatic carbocycles. The van der Waals surface area contributed by atoms with E-state index in [4.69, 9.17) is 0 Å². The van der Waals surface area contributed by atoms with Gasteiger partial charge in [0.05, 0.1) is 12.4 Å². The van der Waals surface area contributed by atoms with Crippen LogP contribution in [0.5, 0.6) is 0 Å². The van der Waals surface area contributed by atoms with Gasteiger partial charge in [0.1, 0.15) is 11.5 Å². The molecule has 0 spiro atoms. The largest absolute Gasteiger partial charge is 0.369 e. The number of hydrogen-bond acceptors (Lipinski definition) is 4. The molecular weight excluding hydrogens is 344 g/mol. The van der Waals surface area contributed by atoms with Gasteiger partial charge in [-0.05, 0) is 30.7 Å². The number of unbranched alkanes of at least 4 members (excludes halogenated alkanes) is 2. The first kappa shape index (κ1) is 16.4. The van der Waals surface area contributed by atoms with Gasteiger partial charge < -0.3 is 10.6 Å². The number of hydrogen-bond donors (Lipinski definition) is 2. The summed E-state index contributed by atoms with van der Waals surface area (Å²) in [7, 11) is 0. The smallest absolute Gasteiger partial charge is 0.275 e. The second-order valence-corrected chi connectivity index (χ2v) is 5.80. The van der Waals surface area contributed by atoms with Crippen LogP contribution >= 0.6 is 15.9 Å². The Labute approximate surface area is 138 Å². The fraction of sp³-hybridized carbons (Fsp3) is 0.312. The highest BCUT2D eigenvalue weighted by Gasteiger charge is 2.08. The predicted octanol–water partition coefficient (Wildman–Crippen LogP) is 4.09. The molecule has 2 aromatic rings. The van der Waals surface area contributed by atoms with Crippen molar-refractivity contribution in [3.63, 3.8) is 0 Å². The zero-order valence-corrected chi connectivity index (χ0v) is 14.1. The first-order valence-electron chi connectivity index (χ1n) is 7.32. The quantitative estimate of drug-likeness (QED) is 0.727. The van der Waals surface area contributed by atoms with E-state index in [1.165, 1.54) is 19.0 Å². The number of benzene rings is 1. The van der Waals surface area contributed by atoms with Crippen molar-refractivity contribution in [2.24, 2.45) is 0 Å². The molecule has 1 aromatic heterocycles. The summed E-state index contributed by atoms with van der Waals surface area (Å²) in [4.78, 5) is 20.4. The van der Waals surface area contributed by atoms with E-state index in [2.05, 4.69) is 43.5 Å². The van der Waals surface area contributed by atoms with E-state index < -0.39 is 0 Å². The number of nitrogens with one attached hydrogen (secondary N) is 2. The van der Waals surface area contributed by atoms with Crippen molar-refractivity contribution < 1.29 is 4.79 Å². The third-order valence-corrected chi connectivity index (χ3v) is 3.60. The molecule has 1 amide bonds. The van der Waals surface area contributed by atoms with Gasteiger partial charge in [0.25, 0.3) is 5.91 Å². The number of nitrogens with zero attached hydrogens (tertiary/aromatic N) is 2. The maximum atomic E-state index is 12.1. The standard InChI is InChI=1S/C16H19BrN4O/c1-2-3-4-9-18-15-11-19-14(10-20-15)16(22)21-13-7-5-12(17)6-8-13/h5-8,10-11H,2-4,9H2,1H3,(H,18,20)(H,21,22). The summed E-state index contributed by atoms with van der Waals surface area (Å²) >= 11 is 3.35.